The van der Waals surface area contributed by atoms with E-state index >= 15 is 0 Å². The van der Waals surface area contributed by atoms with Crippen molar-refractivity contribution in [1.29, 1.82) is 0 Å². The van der Waals surface area contributed by atoms with Gasteiger partial charge in [0.1, 0.15) is 0 Å². The molecule has 0 aliphatic carbocycles. The summed E-state index contributed by atoms with van der Waals surface area (Å²) in [6.07, 6.45) is 3.25. The lowest BCUT2D eigenvalue weighted by Crippen LogP contribution is -2.29. The molecule has 1 aromatic heterocycles. The van der Waals surface area contributed by atoms with E-state index in [9.17, 15) is 4.79 Å². The molecule has 0 radical (unpaired) electrons. The predicted molar refractivity (Wildman–Crippen MR) is 78.9 cm³/mol. The largest absolute Gasteiger partial charge is 0.335 e. The van der Waals surface area contributed by atoms with E-state index in [1.54, 1.807) is 30.4 Å². The van der Waals surface area contributed by atoms with Crippen LogP contribution >= 0.6 is 15.9 Å². The zero-order chi connectivity index (χ0) is 13.8. The molecule has 0 aliphatic heterocycles. The second kappa shape index (κ2) is 5.97. The summed E-state index contributed by atoms with van der Waals surface area (Å²) >= 11 is 3.33. The van der Waals surface area contributed by atoms with Crippen LogP contribution in [0, 0.1) is 0 Å². The molecule has 1 amide bonds. The lowest BCUT2D eigenvalue weighted by molar-refractivity contribution is 0.0742. The second-order valence-corrected chi connectivity index (χ2v) is 5.31. The molecule has 19 heavy (non-hydrogen) atoms. The Kier molecular flexibility index (Phi) is 4.32. The molecule has 0 spiro atoms. The lowest BCUT2D eigenvalue weighted by atomic mass is 10.1. The van der Waals surface area contributed by atoms with Gasteiger partial charge in [0.15, 0.2) is 0 Å². The number of halogens is 1. The van der Waals surface area contributed by atoms with Gasteiger partial charge in [0.2, 0.25) is 0 Å². The van der Waals surface area contributed by atoms with Crippen molar-refractivity contribution in [1.82, 2.24) is 9.88 Å². The predicted octanol–water partition coefficient (Wildman–Crippen LogP) is 3.68. The molecular weight excluding hydrogens is 304 g/mol. The van der Waals surface area contributed by atoms with Crippen LogP contribution in [-0.2, 0) is 0 Å². The molecule has 2 aromatic rings. The summed E-state index contributed by atoms with van der Waals surface area (Å²) in [7, 11) is 1.81. The second-order valence-electron chi connectivity index (χ2n) is 4.39. The standard InChI is InChI=1S/C15H15BrN2O/c1-11(12-6-4-3-5-7-12)18(2)15(19)13-8-14(16)10-17-9-13/h3-11H,1-2H3. The van der Waals surface area contributed by atoms with Crippen LogP contribution in [0.1, 0.15) is 28.9 Å². The monoisotopic (exact) mass is 318 g/mol. The van der Waals surface area contributed by atoms with Crippen LogP contribution in [0.25, 0.3) is 0 Å². The molecule has 0 N–H and O–H groups in total. The number of pyridine rings is 1. The highest BCUT2D eigenvalue weighted by molar-refractivity contribution is 9.10. The molecule has 0 saturated heterocycles. The minimum atomic E-state index is -0.0369. The van der Waals surface area contributed by atoms with E-state index in [1.165, 1.54) is 0 Å². The maximum atomic E-state index is 12.4. The highest BCUT2D eigenvalue weighted by Gasteiger charge is 2.19. The fourth-order valence-corrected chi connectivity index (χ4v) is 2.23. The number of aromatic nitrogens is 1. The molecule has 1 unspecified atom stereocenters. The fraction of sp³-hybridized carbons (Fsp3) is 0.200. The van der Waals surface area contributed by atoms with E-state index < -0.39 is 0 Å². The Labute approximate surface area is 121 Å². The van der Waals surface area contributed by atoms with E-state index in [0.717, 1.165) is 10.0 Å². The first-order valence-corrected chi connectivity index (χ1v) is 6.81. The van der Waals surface area contributed by atoms with Crippen molar-refractivity contribution in [3.8, 4) is 0 Å². The number of carbonyl (C=O) groups excluding carboxylic acids is 1. The van der Waals surface area contributed by atoms with Crippen LogP contribution in [0.2, 0.25) is 0 Å². The molecule has 1 atom stereocenters. The van der Waals surface area contributed by atoms with Crippen LogP contribution in [0.15, 0.2) is 53.3 Å². The van der Waals surface area contributed by atoms with Gasteiger partial charge in [-0.1, -0.05) is 30.3 Å². The third kappa shape index (κ3) is 3.20. The van der Waals surface area contributed by atoms with Crippen LogP contribution in [-0.4, -0.2) is 22.8 Å². The molecule has 98 valence electrons. The molecule has 0 bridgehead atoms. The van der Waals surface area contributed by atoms with Gasteiger partial charge < -0.3 is 4.90 Å². The van der Waals surface area contributed by atoms with Gasteiger partial charge in [-0.3, -0.25) is 9.78 Å². The Morgan fingerprint density at radius 3 is 2.58 bits per heavy atom. The van der Waals surface area contributed by atoms with Gasteiger partial charge in [-0.2, -0.15) is 0 Å². The molecule has 1 heterocycles. The first-order chi connectivity index (χ1) is 9.09. The van der Waals surface area contributed by atoms with Crippen LogP contribution < -0.4 is 0 Å². The third-order valence-electron chi connectivity index (χ3n) is 3.14. The van der Waals surface area contributed by atoms with Crippen molar-refractivity contribution in [3.63, 3.8) is 0 Å². The smallest absolute Gasteiger partial charge is 0.255 e. The zero-order valence-electron chi connectivity index (χ0n) is 10.9. The van der Waals surface area contributed by atoms with E-state index in [-0.39, 0.29) is 11.9 Å². The zero-order valence-corrected chi connectivity index (χ0v) is 12.5. The number of rotatable bonds is 3. The summed E-state index contributed by atoms with van der Waals surface area (Å²) in [5.41, 5.74) is 1.70. The molecular formula is C15H15BrN2O. The number of hydrogen-bond acceptors (Lipinski definition) is 2. The number of hydrogen-bond donors (Lipinski definition) is 0. The fourth-order valence-electron chi connectivity index (χ4n) is 1.86. The average Bonchev–Trinajstić information content (AvgIpc) is 2.46. The Morgan fingerprint density at radius 1 is 1.26 bits per heavy atom. The third-order valence-corrected chi connectivity index (χ3v) is 3.57. The number of amides is 1. The molecule has 4 heteroatoms. The SMILES string of the molecule is CC(c1ccccc1)N(C)C(=O)c1cncc(Br)c1. The Morgan fingerprint density at radius 2 is 1.95 bits per heavy atom. The van der Waals surface area contributed by atoms with Crippen molar-refractivity contribution in [2.24, 2.45) is 0 Å². The number of benzene rings is 1. The van der Waals surface area contributed by atoms with Gasteiger partial charge in [-0.05, 0) is 34.5 Å². The van der Waals surface area contributed by atoms with E-state index in [1.807, 2.05) is 37.3 Å². The summed E-state index contributed by atoms with van der Waals surface area (Å²) in [6.45, 7) is 2.01. The molecule has 3 nitrogen and oxygen atoms in total. The Hall–Kier alpha value is -1.68. The number of carbonyl (C=O) groups is 1. The van der Waals surface area contributed by atoms with Gasteiger partial charge in [0.25, 0.3) is 5.91 Å². The quantitative estimate of drug-likeness (QED) is 0.865. The molecule has 0 saturated carbocycles. The average molecular weight is 319 g/mol. The van der Waals surface area contributed by atoms with Gasteiger partial charge in [0.05, 0.1) is 11.6 Å². The van der Waals surface area contributed by atoms with Crippen LogP contribution in [0.3, 0.4) is 0 Å². The van der Waals surface area contributed by atoms with Gasteiger partial charge in [-0.15, -0.1) is 0 Å². The molecule has 1 aromatic carbocycles. The topological polar surface area (TPSA) is 33.2 Å². The Balaban J connectivity index is 2.20. The van der Waals surface area contributed by atoms with Gasteiger partial charge >= 0.3 is 0 Å². The molecule has 0 aliphatic rings. The van der Waals surface area contributed by atoms with Crippen molar-refractivity contribution < 1.29 is 4.79 Å². The minimum absolute atomic E-state index is 0.0210. The van der Waals surface area contributed by atoms with Crippen molar-refractivity contribution >= 4 is 21.8 Å². The van der Waals surface area contributed by atoms with E-state index in [0.29, 0.717) is 5.56 Å². The van der Waals surface area contributed by atoms with Crippen molar-refractivity contribution in [3.05, 3.63) is 64.4 Å². The maximum Gasteiger partial charge on any atom is 0.255 e. The number of nitrogens with zero attached hydrogens (tertiary/aromatic N) is 2. The lowest BCUT2D eigenvalue weighted by Gasteiger charge is -2.25. The van der Waals surface area contributed by atoms with Crippen LogP contribution in [0.5, 0.6) is 0 Å². The summed E-state index contributed by atoms with van der Waals surface area (Å²) in [6, 6.07) is 11.8. The van der Waals surface area contributed by atoms with Crippen molar-refractivity contribution in [2.75, 3.05) is 7.05 Å². The summed E-state index contributed by atoms with van der Waals surface area (Å²) in [5.74, 6) is -0.0369. The van der Waals surface area contributed by atoms with Crippen molar-refractivity contribution in [2.45, 2.75) is 13.0 Å². The van der Waals surface area contributed by atoms with E-state index in [2.05, 4.69) is 20.9 Å². The first-order valence-electron chi connectivity index (χ1n) is 6.02. The molecule has 0 fully saturated rings. The van der Waals surface area contributed by atoms with Crippen LogP contribution in [0.4, 0.5) is 0 Å². The highest BCUT2D eigenvalue weighted by atomic mass is 79.9. The summed E-state index contributed by atoms with van der Waals surface area (Å²) in [5, 5.41) is 0. The van der Waals surface area contributed by atoms with Gasteiger partial charge in [0, 0.05) is 23.9 Å². The summed E-state index contributed by atoms with van der Waals surface area (Å²) in [4.78, 5) is 18.1. The Bertz CT molecular complexity index is 571. The maximum absolute atomic E-state index is 12.4. The first kappa shape index (κ1) is 13.7. The summed E-state index contributed by atoms with van der Waals surface area (Å²) < 4.78 is 0.805. The van der Waals surface area contributed by atoms with E-state index in [4.69, 9.17) is 0 Å². The highest BCUT2D eigenvalue weighted by Crippen LogP contribution is 2.21. The minimum Gasteiger partial charge on any atom is -0.335 e. The van der Waals surface area contributed by atoms with Gasteiger partial charge in [-0.25, -0.2) is 0 Å². The molecule has 2 rings (SSSR count). The normalized spacial score (nSPS) is 11.9.